The molecule has 0 unspecified atom stereocenters. The van der Waals surface area contributed by atoms with Crippen molar-refractivity contribution in [3.05, 3.63) is 15.6 Å². The molecule has 56 valence electrons. The number of aliphatic hydroxyl groups is 1. The number of hydrogen-bond acceptors (Lipinski definition) is 3. The molecule has 3 heteroatoms. The Kier molecular flexibility index (Phi) is 2.06. The predicted octanol–water partition coefficient (Wildman–Crippen LogP) is 1.81. The van der Waals surface area contributed by atoms with Gasteiger partial charge in [-0.2, -0.15) is 0 Å². The van der Waals surface area contributed by atoms with Crippen LogP contribution in [0.4, 0.5) is 0 Å². The molecule has 2 nitrogen and oxygen atoms in total. The van der Waals surface area contributed by atoms with Gasteiger partial charge in [0.1, 0.15) is 11.1 Å². The van der Waals surface area contributed by atoms with Crippen LogP contribution in [-0.4, -0.2) is 10.1 Å². The summed E-state index contributed by atoms with van der Waals surface area (Å²) in [6.45, 7) is 5.70. The second kappa shape index (κ2) is 2.68. The topological polar surface area (TPSA) is 33.1 Å². The van der Waals surface area contributed by atoms with Crippen LogP contribution in [0.3, 0.4) is 0 Å². The molecule has 0 aromatic carbocycles. The van der Waals surface area contributed by atoms with Gasteiger partial charge in [-0.05, 0) is 20.8 Å². The zero-order valence-electron chi connectivity index (χ0n) is 6.38. The van der Waals surface area contributed by atoms with E-state index in [9.17, 15) is 0 Å². The van der Waals surface area contributed by atoms with E-state index in [1.54, 1.807) is 18.3 Å². The molecule has 1 heterocycles. The average Bonchev–Trinajstić information content (AvgIpc) is 2.13. The first-order chi connectivity index (χ1) is 4.61. The third kappa shape index (κ3) is 1.36. The van der Waals surface area contributed by atoms with Crippen LogP contribution >= 0.6 is 11.3 Å². The minimum atomic E-state index is -0.419. The Morgan fingerprint density at radius 2 is 2.10 bits per heavy atom. The fourth-order valence-corrected chi connectivity index (χ4v) is 1.54. The van der Waals surface area contributed by atoms with Crippen LogP contribution in [-0.2, 0) is 0 Å². The molecule has 0 bridgehead atoms. The smallest absolute Gasteiger partial charge is 0.121 e. The van der Waals surface area contributed by atoms with E-state index in [1.165, 1.54) is 4.88 Å². The Morgan fingerprint density at radius 3 is 2.30 bits per heavy atom. The number of hydrogen-bond donors (Lipinski definition) is 1. The quantitative estimate of drug-likeness (QED) is 0.674. The Labute approximate surface area is 64.5 Å². The molecular formula is C7H11NOS. The van der Waals surface area contributed by atoms with Crippen molar-refractivity contribution >= 4 is 11.3 Å². The van der Waals surface area contributed by atoms with E-state index in [-0.39, 0.29) is 0 Å². The van der Waals surface area contributed by atoms with Crippen LogP contribution in [0.25, 0.3) is 0 Å². The zero-order chi connectivity index (χ0) is 7.72. The van der Waals surface area contributed by atoms with E-state index in [2.05, 4.69) is 4.98 Å². The summed E-state index contributed by atoms with van der Waals surface area (Å²) in [4.78, 5) is 5.37. The molecule has 0 amide bonds. The van der Waals surface area contributed by atoms with E-state index < -0.39 is 6.10 Å². The third-order valence-electron chi connectivity index (χ3n) is 1.40. The van der Waals surface area contributed by atoms with Crippen LogP contribution in [0.1, 0.15) is 28.6 Å². The monoisotopic (exact) mass is 157 g/mol. The summed E-state index contributed by atoms with van der Waals surface area (Å²) in [5, 5.41) is 9.92. The number of aromatic nitrogens is 1. The predicted molar refractivity (Wildman–Crippen MR) is 42.2 cm³/mol. The lowest BCUT2D eigenvalue weighted by Crippen LogP contribution is -1.88. The molecule has 1 rings (SSSR count). The molecule has 1 N–H and O–H groups in total. The van der Waals surface area contributed by atoms with Crippen LogP contribution in [0.5, 0.6) is 0 Å². The van der Waals surface area contributed by atoms with E-state index >= 15 is 0 Å². The fourth-order valence-electron chi connectivity index (χ4n) is 0.676. The maximum absolute atomic E-state index is 9.11. The van der Waals surface area contributed by atoms with Gasteiger partial charge in [0.15, 0.2) is 0 Å². The van der Waals surface area contributed by atoms with E-state index in [0.717, 1.165) is 10.7 Å². The van der Waals surface area contributed by atoms with Crippen molar-refractivity contribution in [2.75, 3.05) is 0 Å². The van der Waals surface area contributed by atoms with Crippen molar-refractivity contribution in [1.29, 1.82) is 0 Å². The molecule has 0 spiro atoms. The van der Waals surface area contributed by atoms with Crippen LogP contribution < -0.4 is 0 Å². The minimum Gasteiger partial charge on any atom is -0.386 e. The summed E-state index contributed by atoms with van der Waals surface area (Å²) in [5.74, 6) is 0. The summed E-state index contributed by atoms with van der Waals surface area (Å²) in [5.41, 5.74) is 1.03. The number of rotatable bonds is 1. The summed E-state index contributed by atoms with van der Waals surface area (Å²) >= 11 is 1.56. The van der Waals surface area contributed by atoms with Gasteiger partial charge in [0.25, 0.3) is 0 Å². The van der Waals surface area contributed by atoms with Crippen LogP contribution in [0.2, 0.25) is 0 Å². The molecule has 0 aliphatic heterocycles. The van der Waals surface area contributed by atoms with Gasteiger partial charge in [0.2, 0.25) is 0 Å². The molecule has 0 fully saturated rings. The highest BCUT2D eigenvalue weighted by atomic mass is 32.1. The number of nitrogens with zero attached hydrogens (tertiary/aromatic N) is 1. The van der Waals surface area contributed by atoms with Gasteiger partial charge in [-0.1, -0.05) is 0 Å². The second-order valence-electron chi connectivity index (χ2n) is 2.37. The Morgan fingerprint density at radius 1 is 1.50 bits per heavy atom. The molecule has 0 aliphatic carbocycles. The molecule has 0 saturated carbocycles. The van der Waals surface area contributed by atoms with Crippen molar-refractivity contribution in [3.63, 3.8) is 0 Å². The molecule has 10 heavy (non-hydrogen) atoms. The standard InChI is InChI=1S/C7H11NOS/c1-4-6(3)10-7(8-4)5(2)9/h5,9H,1-3H3/t5-/m0/s1. The first-order valence-corrected chi connectivity index (χ1v) is 4.05. The highest BCUT2D eigenvalue weighted by molar-refractivity contribution is 7.11. The first-order valence-electron chi connectivity index (χ1n) is 3.23. The molecule has 1 atom stereocenters. The van der Waals surface area contributed by atoms with E-state index in [0.29, 0.717) is 0 Å². The summed E-state index contributed by atoms with van der Waals surface area (Å²) in [6, 6.07) is 0. The SMILES string of the molecule is Cc1nc([C@H](C)O)sc1C. The first kappa shape index (κ1) is 7.69. The minimum absolute atomic E-state index is 0.419. The van der Waals surface area contributed by atoms with Crippen molar-refractivity contribution < 1.29 is 5.11 Å². The third-order valence-corrected chi connectivity index (χ3v) is 2.65. The molecule has 1 aromatic heterocycles. The van der Waals surface area contributed by atoms with E-state index in [4.69, 9.17) is 5.11 Å². The summed E-state index contributed by atoms with van der Waals surface area (Å²) in [6.07, 6.45) is -0.419. The van der Waals surface area contributed by atoms with Gasteiger partial charge < -0.3 is 5.11 Å². The van der Waals surface area contributed by atoms with Gasteiger partial charge in [-0.25, -0.2) is 4.98 Å². The number of aliphatic hydroxyl groups excluding tert-OH is 1. The Balaban J connectivity index is 2.98. The van der Waals surface area contributed by atoms with Crippen molar-refractivity contribution in [2.24, 2.45) is 0 Å². The maximum Gasteiger partial charge on any atom is 0.121 e. The lowest BCUT2D eigenvalue weighted by Gasteiger charge is -1.94. The molecule has 1 aromatic rings. The Hall–Kier alpha value is -0.410. The van der Waals surface area contributed by atoms with Gasteiger partial charge in [-0.3, -0.25) is 0 Å². The highest BCUT2D eigenvalue weighted by Crippen LogP contribution is 2.21. The number of thiazole rings is 1. The van der Waals surface area contributed by atoms with Gasteiger partial charge in [0, 0.05) is 4.88 Å². The lowest BCUT2D eigenvalue weighted by atomic mass is 10.4. The van der Waals surface area contributed by atoms with Gasteiger partial charge in [0.05, 0.1) is 5.69 Å². The maximum atomic E-state index is 9.11. The second-order valence-corrected chi connectivity index (χ2v) is 3.60. The molecule has 0 aliphatic rings. The normalized spacial score (nSPS) is 13.6. The van der Waals surface area contributed by atoms with E-state index in [1.807, 2.05) is 13.8 Å². The van der Waals surface area contributed by atoms with Crippen molar-refractivity contribution in [1.82, 2.24) is 4.98 Å². The largest absolute Gasteiger partial charge is 0.386 e. The molecule has 0 saturated heterocycles. The summed E-state index contributed by atoms with van der Waals surface area (Å²) in [7, 11) is 0. The number of aryl methyl sites for hydroxylation is 2. The van der Waals surface area contributed by atoms with Crippen molar-refractivity contribution in [3.8, 4) is 0 Å². The highest BCUT2D eigenvalue weighted by Gasteiger charge is 2.07. The molecular weight excluding hydrogens is 146 g/mol. The average molecular weight is 157 g/mol. The lowest BCUT2D eigenvalue weighted by molar-refractivity contribution is 0.198. The van der Waals surface area contributed by atoms with Gasteiger partial charge >= 0.3 is 0 Å². The van der Waals surface area contributed by atoms with Crippen molar-refractivity contribution in [2.45, 2.75) is 26.9 Å². The summed E-state index contributed by atoms with van der Waals surface area (Å²) < 4.78 is 0. The zero-order valence-corrected chi connectivity index (χ0v) is 7.20. The Bertz CT molecular complexity index is 210. The van der Waals surface area contributed by atoms with Gasteiger partial charge in [-0.15, -0.1) is 11.3 Å². The van der Waals surface area contributed by atoms with Crippen LogP contribution in [0.15, 0.2) is 0 Å². The molecule has 0 radical (unpaired) electrons. The van der Waals surface area contributed by atoms with Crippen LogP contribution in [0, 0.1) is 13.8 Å². The fraction of sp³-hybridized carbons (Fsp3) is 0.571.